The molecule has 1 aromatic heterocycles. The van der Waals surface area contributed by atoms with Gasteiger partial charge in [-0.3, -0.25) is 0 Å². The number of imidazole rings is 1. The molecule has 3 nitrogen and oxygen atoms in total. The molecule has 4 unspecified atom stereocenters. The molecule has 4 atom stereocenters. The molecule has 3 heteroatoms. The van der Waals surface area contributed by atoms with Crippen LogP contribution in [0, 0.1) is 11.8 Å². The van der Waals surface area contributed by atoms with Gasteiger partial charge in [0.1, 0.15) is 5.82 Å². The zero-order chi connectivity index (χ0) is 14.4. The lowest BCUT2D eigenvalue weighted by Crippen LogP contribution is -2.14. The van der Waals surface area contributed by atoms with Crippen molar-refractivity contribution in [2.45, 2.75) is 37.7 Å². The third kappa shape index (κ3) is 2.20. The second-order valence-electron chi connectivity index (χ2n) is 6.56. The standard InChI is InChI=1S/C18H22N2O/c1-20-11-10-19-16(20)9-8-15(21)18-14-7-6-12-4-2-3-5-13(12)17(14)18/h2-5,10-11,14-15,17-18,21H,6-9H2,1H3. The van der Waals surface area contributed by atoms with Gasteiger partial charge in [0.15, 0.2) is 0 Å². The predicted octanol–water partition coefficient (Wildman–Crippen LogP) is 2.69. The van der Waals surface area contributed by atoms with Gasteiger partial charge in [0, 0.05) is 25.9 Å². The van der Waals surface area contributed by atoms with Gasteiger partial charge in [-0.2, -0.15) is 0 Å². The number of aliphatic hydroxyl groups is 1. The van der Waals surface area contributed by atoms with Crippen LogP contribution in [0.2, 0.25) is 0 Å². The highest BCUT2D eigenvalue weighted by molar-refractivity contribution is 5.39. The summed E-state index contributed by atoms with van der Waals surface area (Å²) >= 11 is 0. The van der Waals surface area contributed by atoms with Crippen LogP contribution in [0.5, 0.6) is 0 Å². The molecule has 1 N–H and O–H groups in total. The largest absolute Gasteiger partial charge is 0.393 e. The third-order valence-electron chi connectivity index (χ3n) is 5.42. The summed E-state index contributed by atoms with van der Waals surface area (Å²) in [6.45, 7) is 0. The summed E-state index contributed by atoms with van der Waals surface area (Å²) in [5, 5.41) is 10.6. The van der Waals surface area contributed by atoms with Gasteiger partial charge in [-0.05, 0) is 48.1 Å². The van der Waals surface area contributed by atoms with Crippen LogP contribution < -0.4 is 0 Å². The first-order valence-corrected chi connectivity index (χ1v) is 7.98. The Morgan fingerprint density at radius 2 is 2.24 bits per heavy atom. The number of aryl methyl sites for hydroxylation is 3. The zero-order valence-corrected chi connectivity index (χ0v) is 12.4. The fourth-order valence-electron chi connectivity index (χ4n) is 4.25. The lowest BCUT2D eigenvalue weighted by Gasteiger charge is -2.13. The van der Waals surface area contributed by atoms with Crippen LogP contribution in [0.1, 0.15) is 35.7 Å². The summed E-state index contributed by atoms with van der Waals surface area (Å²) in [4.78, 5) is 4.35. The first kappa shape index (κ1) is 13.1. The molecular weight excluding hydrogens is 260 g/mol. The average Bonchev–Trinajstić information content (AvgIpc) is 3.12. The van der Waals surface area contributed by atoms with Crippen molar-refractivity contribution in [1.29, 1.82) is 0 Å². The van der Waals surface area contributed by atoms with E-state index in [-0.39, 0.29) is 6.10 Å². The Balaban J connectivity index is 1.43. The van der Waals surface area contributed by atoms with Crippen molar-refractivity contribution in [3.05, 3.63) is 53.6 Å². The van der Waals surface area contributed by atoms with E-state index in [1.165, 1.54) is 24.0 Å². The fourth-order valence-corrected chi connectivity index (χ4v) is 4.25. The van der Waals surface area contributed by atoms with E-state index in [0.717, 1.165) is 18.7 Å². The summed E-state index contributed by atoms with van der Waals surface area (Å²) in [6, 6.07) is 8.78. The van der Waals surface area contributed by atoms with Gasteiger partial charge in [0.25, 0.3) is 0 Å². The maximum absolute atomic E-state index is 10.6. The summed E-state index contributed by atoms with van der Waals surface area (Å²) in [7, 11) is 2.02. The van der Waals surface area contributed by atoms with E-state index >= 15 is 0 Å². The molecule has 2 aliphatic rings. The van der Waals surface area contributed by atoms with Crippen molar-refractivity contribution < 1.29 is 5.11 Å². The van der Waals surface area contributed by atoms with Crippen molar-refractivity contribution in [1.82, 2.24) is 9.55 Å². The Kier molecular flexibility index (Phi) is 3.11. The number of hydrogen-bond acceptors (Lipinski definition) is 2. The fraction of sp³-hybridized carbons (Fsp3) is 0.500. The van der Waals surface area contributed by atoms with Crippen LogP contribution in [-0.2, 0) is 19.9 Å². The van der Waals surface area contributed by atoms with Gasteiger partial charge in [0.05, 0.1) is 6.10 Å². The smallest absolute Gasteiger partial charge is 0.108 e. The van der Waals surface area contributed by atoms with Gasteiger partial charge in [-0.15, -0.1) is 0 Å². The Labute approximate surface area is 125 Å². The van der Waals surface area contributed by atoms with Gasteiger partial charge >= 0.3 is 0 Å². The van der Waals surface area contributed by atoms with Crippen molar-refractivity contribution in [2.75, 3.05) is 0 Å². The summed E-state index contributed by atoms with van der Waals surface area (Å²) in [5.41, 5.74) is 2.99. The minimum absolute atomic E-state index is 0.192. The number of hydrogen-bond donors (Lipinski definition) is 1. The number of rotatable bonds is 4. The number of fused-ring (bicyclic) bond motifs is 3. The van der Waals surface area contributed by atoms with E-state index in [4.69, 9.17) is 0 Å². The Morgan fingerprint density at radius 1 is 1.38 bits per heavy atom. The number of benzene rings is 1. The summed E-state index contributed by atoms with van der Waals surface area (Å²) < 4.78 is 2.04. The highest BCUT2D eigenvalue weighted by Gasteiger charge is 2.55. The molecule has 0 saturated heterocycles. The molecule has 0 spiro atoms. The van der Waals surface area contributed by atoms with Gasteiger partial charge in [-0.25, -0.2) is 4.98 Å². The quantitative estimate of drug-likeness (QED) is 0.936. The van der Waals surface area contributed by atoms with Crippen LogP contribution in [0.15, 0.2) is 36.7 Å². The maximum atomic E-state index is 10.6. The highest BCUT2D eigenvalue weighted by atomic mass is 16.3. The molecule has 1 fully saturated rings. The number of aromatic nitrogens is 2. The normalized spacial score (nSPS) is 27.8. The molecule has 2 aliphatic carbocycles. The molecule has 2 aromatic rings. The zero-order valence-electron chi connectivity index (χ0n) is 12.4. The van der Waals surface area contributed by atoms with Crippen molar-refractivity contribution in [3.8, 4) is 0 Å². The summed E-state index contributed by atoms with van der Waals surface area (Å²) in [5.74, 6) is 2.84. The van der Waals surface area contributed by atoms with Gasteiger partial charge in [0.2, 0.25) is 0 Å². The number of aliphatic hydroxyl groups excluding tert-OH is 1. The monoisotopic (exact) mass is 282 g/mol. The lowest BCUT2D eigenvalue weighted by molar-refractivity contribution is 0.132. The Bertz CT molecular complexity index is 648. The molecule has 21 heavy (non-hydrogen) atoms. The van der Waals surface area contributed by atoms with Crippen LogP contribution in [0.4, 0.5) is 0 Å². The molecular formula is C18H22N2O. The molecule has 4 rings (SSSR count). The Morgan fingerprint density at radius 3 is 3.05 bits per heavy atom. The van der Waals surface area contributed by atoms with Gasteiger partial charge < -0.3 is 9.67 Å². The highest BCUT2D eigenvalue weighted by Crippen LogP contribution is 2.61. The molecule has 0 bridgehead atoms. The maximum Gasteiger partial charge on any atom is 0.108 e. The van der Waals surface area contributed by atoms with Crippen LogP contribution in [0.3, 0.4) is 0 Å². The predicted molar refractivity (Wildman–Crippen MR) is 82.0 cm³/mol. The van der Waals surface area contributed by atoms with Crippen molar-refractivity contribution in [2.24, 2.45) is 18.9 Å². The van der Waals surface area contributed by atoms with E-state index < -0.39 is 0 Å². The molecule has 1 heterocycles. The second kappa shape index (κ2) is 4.99. The van der Waals surface area contributed by atoms with Crippen molar-refractivity contribution in [3.63, 3.8) is 0 Å². The van der Waals surface area contributed by atoms with Crippen LogP contribution in [0.25, 0.3) is 0 Å². The average molecular weight is 282 g/mol. The lowest BCUT2D eigenvalue weighted by atomic mass is 9.92. The van der Waals surface area contributed by atoms with E-state index in [0.29, 0.717) is 17.8 Å². The molecule has 0 radical (unpaired) electrons. The molecule has 0 aliphatic heterocycles. The SMILES string of the molecule is Cn1ccnc1CCC(O)C1C2CCc3ccccc3C21. The first-order valence-electron chi connectivity index (χ1n) is 7.98. The molecule has 1 saturated carbocycles. The van der Waals surface area contributed by atoms with E-state index in [1.807, 2.05) is 24.0 Å². The molecule has 1 aromatic carbocycles. The third-order valence-corrected chi connectivity index (χ3v) is 5.42. The van der Waals surface area contributed by atoms with Crippen molar-refractivity contribution >= 4 is 0 Å². The van der Waals surface area contributed by atoms with E-state index in [9.17, 15) is 5.11 Å². The first-order chi connectivity index (χ1) is 10.3. The minimum Gasteiger partial charge on any atom is -0.393 e. The van der Waals surface area contributed by atoms with E-state index in [1.54, 1.807) is 0 Å². The van der Waals surface area contributed by atoms with Gasteiger partial charge in [-0.1, -0.05) is 24.3 Å². The van der Waals surface area contributed by atoms with Crippen LogP contribution in [-0.4, -0.2) is 20.8 Å². The molecule has 0 amide bonds. The van der Waals surface area contributed by atoms with Crippen LogP contribution >= 0.6 is 0 Å². The topological polar surface area (TPSA) is 38.0 Å². The minimum atomic E-state index is -0.192. The Hall–Kier alpha value is -1.61. The second-order valence-corrected chi connectivity index (χ2v) is 6.56. The molecule has 110 valence electrons. The van der Waals surface area contributed by atoms with E-state index in [2.05, 4.69) is 29.2 Å². The number of nitrogens with zero attached hydrogens (tertiary/aromatic N) is 2. The summed E-state index contributed by atoms with van der Waals surface area (Å²) in [6.07, 6.45) is 7.71.